The molecule has 3 aliphatic heterocycles. The van der Waals surface area contributed by atoms with Gasteiger partial charge in [0.15, 0.2) is 0 Å². The molecule has 3 aliphatic rings. The third kappa shape index (κ3) is 2.61. The zero-order chi connectivity index (χ0) is 19.5. The Hall–Kier alpha value is -2.22. The molecule has 0 spiro atoms. The van der Waals surface area contributed by atoms with Crippen LogP contribution in [0.15, 0.2) is 80.1 Å². The third-order valence-electron chi connectivity index (χ3n) is 5.82. The van der Waals surface area contributed by atoms with Crippen molar-refractivity contribution in [2.45, 2.75) is 12.2 Å². The summed E-state index contributed by atoms with van der Waals surface area (Å²) in [6.45, 7) is 0. The van der Waals surface area contributed by atoms with Crippen LogP contribution in [0.3, 0.4) is 0 Å². The quantitative estimate of drug-likeness (QED) is 0.473. The fourth-order valence-corrected chi connectivity index (χ4v) is 5.37. The topological polar surface area (TPSA) is 59.7 Å². The fraction of sp³-hybridized carbons (Fsp3) is 0.182. The maximum atomic E-state index is 6.54. The first kappa shape index (κ1) is 17.6. The number of ether oxygens (including phenoxy) is 1. The van der Waals surface area contributed by atoms with Gasteiger partial charge in [-0.15, -0.1) is 0 Å². The fourth-order valence-electron chi connectivity index (χ4n) is 4.65. The summed E-state index contributed by atoms with van der Waals surface area (Å²) >= 11 is 7.28. The van der Waals surface area contributed by atoms with E-state index in [2.05, 4.69) is 64.2 Å². The lowest BCUT2D eigenvalue weighted by atomic mass is 9.70. The van der Waals surface area contributed by atoms with E-state index in [0.717, 1.165) is 31.8 Å². The van der Waals surface area contributed by atoms with Gasteiger partial charge in [-0.05, 0) is 79.4 Å². The Balaban J connectivity index is 1.56. The Bertz CT molecular complexity index is 1090. The SMILES string of the molecule is Brc1cc2c(cc1Br)C1OC2C2C(c3ccccn3)=NN=C(c3ccccn3)C12. The second-order valence-corrected chi connectivity index (χ2v) is 9.03. The number of fused-ring (bicyclic) bond motifs is 8. The van der Waals surface area contributed by atoms with E-state index < -0.39 is 0 Å². The lowest BCUT2D eigenvalue weighted by Gasteiger charge is -2.33. The van der Waals surface area contributed by atoms with Crippen LogP contribution < -0.4 is 0 Å². The molecule has 1 fully saturated rings. The monoisotopic (exact) mass is 508 g/mol. The van der Waals surface area contributed by atoms with Gasteiger partial charge < -0.3 is 4.74 Å². The van der Waals surface area contributed by atoms with Crippen molar-refractivity contribution in [2.75, 3.05) is 0 Å². The lowest BCUT2D eigenvalue weighted by Crippen LogP contribution is -2.38. The molecule has 0 aliphatic carbocycles. The van der Waals surface area contributed by atoms with Crippen molar-refractivity contribution < 1.29 is 4.74 Å². The molecule has 1 saturated heterocycles. The lowest BCUT2D eigenvalue weighted by molar-refractivity contribution is 0.0628. The molecule has 4 unspecified atom stereocenters. The summed E-state index contributed by atoms with van der Waals surface area (Å²) in [7, 11) is 0. The Morgan fingerprint density at radius 1 is 0.690 bits per heavy atom. The van der Waals surface area contributed by atoms with Gasteiger partial charge in [-0.25, -0.2) is 0 Å². The summed E-state index contributed by atoms with van der Waals surface area (Å²) in [5.74, 6) is 0.0926. The maximum absolute atomic E-state index is 6.54. The van der Waals surface area contributed by atoms with Gasteiger partial charge in [-0.1, -0.05) is 12.1 Å². The molecular formula is C22H14Br2N4O. The van der Waals surface area contributed by atoms with Gasteiger partial charge in [0.2, 0.25) is 0 Å². The maximum Gasteiger partial charge on any atom is 0.0954 e. The normalized spacial score (nSPS) is 26.6. The minimum atomic E-state index is -0.0839. The predicted molar refractivity (Wildman–Crippen MR) is 117 cm³/mol. The van der Waals surface area contributed by atoms with Crippen LogP contribution in [0, 0.1) is 11.8 Å². The van der Waals surface area contributed by atoms with Crippen molar-refractivity contribution >= 4 is 43.3 Å². The van der Waals surface area contributed by atoms with Gasteiger partial charge in [0.1, 0.15) is 0 Å². The van der Waals surface area contributed by atoms with Gasteiger partial charge >= 0.3 is 0 Å². The summed E-state index contributed by atoms with van der Waals surface area (Å²) in [6.07, 6.45) is 3.42. The molecule has 0 radical (unpaired) electrons. The highest BCUT2D eigenvalue weighted by atomic mass is 79.9. The second-order valence-electron chi connectivity index (χ2n) is 7.32. The first-order valence-corrected chi connectivity index (χ1v) is 10.9. The molecule has 5 heterocycles. The van der Waals surface area contributed by atoms with E-state index in [-0.39, 0.29) is 24.0 Å². The molecule has 0 N–H and O–H groups in total. The summed E-state index contributed by atoms with van der Waals surface area (Å²) in [4.78, 5) is 9.09. The molecule has 4 atom stereocenters. The zero-order valence-electron chi connectivity index (χ0n) is 15.0. The average Bonchev–Trinajstić information content (AvgIpc) is 3.32. The number of halogens is 2. The Labute approximate surface area is 184 Å². The smallest absolute Gasteiger partial charge is 0.0954 e. The minimum Gasteiger partial charge on any atom is -0.364 e. The van der Waals surface area contributed by atoms with Crippen molar-refractivity contribution in [1.29, 1.82) is 0 Å². The summed E-state index contributed by atoms with van der Waals surface area (Å²) in [5.41, 5.74) is 5.87. The van der Waals surface area contributed by atoms with Crippen LogP contribution in [0.25, 0.3) is 0 Å². The zero-order valence-corrected chi connectivity index (χ0v) is 18.2. The number of rotatable bonds is 2. The first-order chi connectivity index (χ1) is 14.2. The van der Waals surface area contributed by atoms with Crippen LogP contribution in [-0.2, 0) is 4.74 Å². The summed E-state index contributed by atoms with van der Waals surface area (Å²) in [5, 5.41) is 9.27. The van der Waals surface area contributed by atoms with E-state index in [1.807, 2.05) is 36.4 Å². The Kier molecular flexibility index (Phi) is 4.04. The van der Waals surface area contributed by atoms with Gasteiger partial charge in [0.05, 0.1) is 35.0 Å². The standard InChI is InChI=1S/C22H14Br2N4O/c23-13-9-11-12(10-14(13)24)22-18-17(21(11)29-22)19(15-5-1-3-7-25-15)27-28-20(18)16-6-2-4-8-26-16/h1-10,17-18,21-22H. The molecule has 29 heavy (non-hydrogen) atoms. The Morgan fingerprint density at radius 3 is 1.59 bits per heavy atom. The number of hydrogen-bond donors (Lipinski definition) is 0. The highest BCUT2D eigenvalue weighted by molar-refractivity contribution is 9.13. The van der Waals surface area contributed by atoms with Gasteiger partial charge in [0.25, 0.3) is 0 Å². The molecule has 0 saturated carbocycles. The average molecular weight is 510 g/mol. The van der Waals surface area contributed by atoms with E-state index in [9.17, 15) is 0 Å². The van der Waals surface area contributed by atoms with E-state index >= 15 is 0 Å². The number of aromatic nitrogens is 2. The molecule has 7 heteroatoms. The molecule has 2 aromatic heterocycles. The van der Waals surface area contributed by atoms with Crippen LogP contribution in [0.1, 0.15) is 34.7 Å². The first-order valence-electron chi connectivity index (χ1n) is 9.35. The third-order valence-corrected chi connectivity index (χ3v) is 7.67. The van der Waals surface area contributed by atoms with Crippen LogP contribution in [-0.4, -0.2) is 21.4 Å². The van der Waals surface area contributed by atoms with Crippen molar-refractivity contribution in [3.63, 3.8) is 0 Å². The van der Waals surface area contributed by atoms with Crippen LogP contribution >= 0.6 is 31.9 Å². The molecule has 0 amide bonds. The highest BCUT2D eigenvalue weighted by Crippen LogP contribution is 2.60. The molecule has 3 aromatic rings. The minimum absolute atomic E-state index is 0.0463. The summed E-state index contributed by atoms with van der Waals surface area (Å²) < 4.78 is 8.59. The van der Waals surface area contributed by atoms with Crippen LogP contribution in [0.2, 0.25) is 0 Å². The summed E-state index contributed by atoms with van der Waals surface area (Å²) in [6, 6.07) is 16.1. The molecule has 5 nitrogen and oxygen atoms in total. The number of pyridine rings is 2. The van der Waals surface area contributed by atoms with E-state index in [0.29, 0.717) is 0 Å². The van der Waals surface area contributed by atoms with Gasteiger partial charge in [-0.3, -0.25) is 9.97 Å². The van der Waals surface area contributed by atoms with Gasteiger partial charge in [0, 0.05) is 33.2 Å². The highest BCUT2D eigenvalue weighted by Gasteiger charge is 2.58. The van der Waals surface area contributed by atoms with Crippen molar-refractivity contribution in [3.8, 4) is 0 Å². The predicted octanol–water partition coefficient (Wildman–Crippen LogP) is 5.27. The van der Waals surface area contributed by atoms with Crippen molar-refractivity contribution in [2.24, 2.45) is 22.0 Å². The molecule has 2 bridgehead atoms. The number of nitrogens with zero attached hydrogens (tertiary/aromatic N) is 4. The molecule has 142 valence electrons. The number of hydrogen-bond acceptors (Lipinski definition) is 5. The molecule has 6 rings (SSSR count). The molecular weight excluding hydrogens is 496 g/mol. The van der Waals surface area contributed by atoms with E-state index in [4.69, 9.17) is 4.74 Å². The van der Waals surface area contributed by atoms with E-state index in [1.54, 1.807) is 12.4 Å². The van der Waals surface area contributed by atoms with Crippen LogP contribution in [0.4, 0.5) is 0 Å². The largest absolute Gasteiger partial charge is 0.364 e. The Morgan fingerprint density at radius 2 is 1.17 bits per heavy atom. The van der Waals surface area contributed by atoms with E-state index in [1.165, 1.54) is 11.1 Å². The molecule has 1 aromatic carbocycles. The number of benzene rings is 1. The van der Waals surface area contributed by atoms with Crippen molar-refractivity contribution in [1.82, 2.24) is 9.97 Å². The second kappa shape index (κ2) is 6.65. The van der Waals surface area contributed by atoms with Crippen LogP contribution in [0.5, 0.6) is 0 Å². The van der Waals surface area contributed by atoms with Crippen molar-refractivity contribution in [3.05, 3.63) is 92.4 Å². The van der Waals surface area contributed by atoms with Gasteiger partial charge in [-0.2, -0.15) is 10.2 Å².